The van der Waals surface area contributed by atoms with E-state index in [0.717, 1.165) is 11.3 Å². The molecule has 0 atom stereocenters. The molecule has 0 spiro atoms. The van der Waals surface area contributed by atoms with Crippen molar-refractivity contribution < 1.29 is 9.47 Å². The van der Waals surface area contributed by atoms with Gasteiger partial charge in [-0.15, -0.1) is 0 Å². The van der Waals surface area contributed by atoms with Gasteiger partial charge in [0.1, 0.15) is 30.8 Å². The van der Waals surface area contributed by atoms with Crippen molar-refractivity contribution in [3.05, 3.63) is 58.1 Å². The Morgan fingerprint density at radius 1 is 1.08 bits per heavy atom. The predicted molar refractivity (Wildman–Crippen MR) is 97.0 cm³/mol. The number of aryl methyl sites for hydroxylation is 1. The van der Waals surface area contributed by atoms with E-state index in [4.69, 9.17) is 26.3 Å². The number of hydrogen-bond acceptors (Lipinski definition) is 3. The molecule has 0 aliphatic rings. The molecule has 3 nitrogen and oxygen atoms in total. The number of nitrogens with zero attached hydrogens (tertiary/aromatic N) is 1. The minimum absolute atomic E-state index is 0.00632. The number of nitriles is 1. The van der Waals surface area contributed by atoms with Crippen LogP contribution in [0.3, 0.4) is 0 Å². The van der Waals surface area contributed by atoms with Crippen molar-refractivity contribution in [2.45, 2.75) is 33.1 Å². The second-order valence-corrected chi connectivity index (χ2v) is 7.09. The van der Waals surface area contributed by atoms with Crippen molar-refractivity contribution >= 4 is 11.6 Å². The van der Waals surface area contributed by atoms with Gasteiger partial charge < -0.3 is 9.47 Å². The molecule has 126 valence electrons. The van der Waals surface area contributed by atoms with E-state index in [9.17, 15) is 0 Å². The summed E-state index contributed by atoms with van der Waals surface area (Å²) in [6.07, 6.45) is 0. The topological polar surface area (TPSA) is 42.2 Å². The summed E-state index contributed by atoms with van der Waals surface area (Å²) < 4.78 is 11.6. The molecule has 0 aliphatic carbocycles. The fourth-order valence-electron chi connectivity index (χ4n) is 2.45. The van der Waals surface area contributed by atoms with Gasteiger partial charge in [0, 0.05) is 5.02 Å². The maximum absolute atomic E-state index is 9.12. The normalized spacial score (nSPS) is 11.0. The standard InChI is InChI=1S/C20H22ClNO2/c1-14-6-5-7-17(20(2,3)4)19(14)24-11-10-23-18-9-8-16(21)12-15(18)13-22/h5-9,12H,10-11H2,1-4H3. The van der Waals surface area contributed by atoms with Gasteiger partial charge in [0.25, 0.3) is 0 Å². The zero-order chi connectivity index (χ0) is 17.7. The summed E-state index contributed by atoms with van der Waals surface area (Å²) in [5, 5.41) is 9.64. The lowest BCUT2D eigenvalue weighted by atomic mass is 9.85. The van der Waals surface area contributed by atoms with Crippen molar-refractivity contribution in [1.29, 1.82) is 5.26 Å². The van der Waals surface area contributed by atoms with Crippen LogP contribution >= 0.6 is 11.6 Å². The van der Waals surface area contributed by atoms with Crippen LogP contribution in [0.1, 0.15) is 37.5 Å². The lowest BCUT2D eigenvalue weighted by molar-refractivity contribution is 0.213. The second kappa shape index (κ2) is 7.59. The zero-order valence-corrected chi connectivity index (χ0v) is 15.3. The van der Waals surface area contributed by atoms with E-state index in [-0.39, 0.29) is 5.41 Å². The van der Waals surface area contributed by atoms with Gasteiger partial charge in [0.15, 0.2) is 0 Å². The lowest BCUT2D eigenvalue weighted by Gasteiger charge is -2.24. The Labute approximate surface area is 148 Å². The number of halogens is 1. The van der Waals surface area contributed by atoms with Crippen molar-refractivity contribution in [3.8, 4) is 17.6 Å². The third-order valence-corrected chi connectivity index (χ3v) is 3.90. The van der Waals surface area contributed by atoms with E-state index in [1.165, 1.54) is 5.56 Å². The Hall–Kier alpha value is -2.18. The molecule has 0 bridgehead atoms. The van der Waals surface area contributed by atoms with Crippen LogP contribution in [-0.2, 0) is 5.41 Å². The minimum atomic E-state index is 0.00632. The van der Waals surface area contributed by atoms with Gasteiger partial charge in [0.2, 0.25) is 0 Å². The highest BCUT2D eigenvalue weighted by atomic mass is 35.5. The molecule has 0 fully saturated rings. The predicted octanol–water partition coefficient (Wildman–Crippen LogP) is 5.28. The summed E-state index contributed by atoms with van der Waals surface area (Å²) >= 11 is 5.88. The minimum Gasteiger partial charge on any atom is -0.489 e. The molecule has 0 amide bonds. The molecule has 2 rings (SSSR count). The van der Waals surface area contributed by atoms with E-state index < -0.39 is 0 Å². The maximum Gasteiger partial charge on any atom is 0.137 e. The van der Waals surface area contributed by atoms with Crippen LogP contribution in [0.2, 0.25) is 5.02 Å². The van der Waals surface area contributed by atoms with E-state index in [2.05, 4.69) is 32.9 Å². The van der Waals surface area contributed by atoms with Gasteiger partial charge >= 0.3 is 0 Å². The molecule has 0 saturated heterocycles. The summed E-state index contributed by atoms with van der Waals surface area (Å²) in [5.74, 6) is 1.43. The zero-order valence-electron chi connectivity index (χ0n) is 14.5. The Morgan fingerprint density at radius 2 is 1.79 bits per heavy atom. The first-order valence-electron chi connectivity index (χ1n) is 7.88. The van der Waals surface area contributed by atoms with Crippen molar-refractivity contribution in [2.24, 2.45) is 0 Å². The highest BCUT2D eigenvalue weighted by molar-refractivity contribution is 6.30. The fraction of sp³-hybridized carbons (Fsp3) is 0.350. The van der Waals surface area contributed by atoms with Gasteiger partial charge in [-0.25, -0.2) is 0 Å². The summed E-state index contributed by atoms with van der Waals surface area (Å²) in [4.78, 5) is 0. The summed E-state index contributed by atoms with van der Waals surface area (Å²) in [6, 6.07) is 13.3. The smallest absolute Gasteiger partial charge is 0.137 e. The highest BCUT2D eigenvalue weighted by Gasteiger charge is 2.20. The molecule has 0 radical (unpaired) electrons. The van der Waals surface area contributed by atoms with Gasteiger partial charge in [-0.2, -0.15) is 5.26 Å². The van der Waals surface area contributed by atoms with Crippen molar-refractivity contribution in [2.75, 3.05) is 13.2 Å². The number of hydrogen-bond donors (Lipinski definition) is 0. The molecular weight excluding hydrogens is 322 g/mol. The number of rotatable bonds is 5. The molecular formula is C20H22ClNO2. The molecule has 2 aromatic carbocycles. The Morgan fingerprint density at radius 3 is 2.46 bits per heavy atom. The molecule has 2 aromatic rings. The molecule has 4 heteroatoms. The maximum atomic E-state index is 9.12. The van der Waals surface area contributed by atoms with Crippen LogP contribution in [0.25, 0.3) is 0 Å². The average Bonchev–Trinajstić information content (AvgIpc) is 2.52. The van der Waals surface area contributed by atoms with E-state index in [1.807, 2.05) is 19.1 Å². The molecule has 0 N–H and O–H groups in total. The molecule has 0 saturated carbocycles. The first-order chi connectivity index (χ1) is 11.3. The van der Waals surface area contributed by atoms with Gasteiger partial charge in [-0.1, -0.05) is 50.6 Å². The SMILES string of the molecule is Cc1cccc(C(C)(C)C)c1OCCOc1ccc(Cl)cc1C#N. The van der Waals surface area contributed by atoms with Gasteiger partial charge in [-0.05, 0) is 41.7 Å². The summed E-state index contributed by atoms with van der Waals surface area (Å²) in [6.45, 7) is 9.29. The Kier molecular flexibility index (Phi) is 5.75. The number of para-hydroxylation sites is 1. The molecule has 24 heavy (non-hydrogen) atoms. The average molecular weight is 344 g/mol. The number of benzene rings is 2. The second-order valence-electron chi connectivity index (χ2n) is 6.65. The Bertz CT molecular complexity index is 757. The molecule has 0 aromatic heterocycles. The van der Waals surface area contributed by atoms with E-state index >= 15 is 0 Å². The molecule has 0 unspecified atom stereocenters. The van der Waals surface area contributed by atoms with Gasteiger partial charge in [-0.3, -0.25) is 0 Å². The van der Waals surface area contributed by atoms with Crippen LogP contribution in [0, 0.1) is 18.3 Å². The van der Waals surface area contributed by atoms with Crippen molar-refractivity contribution in [1.82, 2.24) is 0 Å². The van der Waals surface area contributed by atoms with E-state index in [1.54, 1.807) is 18.2 Å². The largest absolute Gasteiger partial charge is 0.489 e. The van der Waals surface area contributed by atoms with Crippen LogP contribution in [0.15, 0.2) is 36.4 Å². The third-order valence-electron chi connectivity index (χ3n) is 3.67. The highest BCUT2D eigenvalue weighted by Crippen LogP contribution is 2.33. The molecule has 0 heterocycles. The van der Waals surface area contributed by atoms with Gasteiger partial charge in [0.05, 0.1) is 5.56 Å². The molecule has 0 aliphatic heterocycles. The van der Waals surface area contributed by atoms with E-state index in [0.29, 0.717) is 29.5 Å². The van der Waals surface area contributed by atoms with Crippen LogP contribution in [0.5, 0.6) is 11.5 Å². The Balaban J connectivity index is 2.03. The monoisotopic (exact) mass is 343 g/mol. The lowest BCUT2D eigenvalue weighted by Crippen LogP contribution is -2.16. The van der Waals surface area contributed by atoms with Crippen LogP contribution < -0.4 is 9.47 Å². The van der Waals surface area contributed by atoms with Crippen molar-refractivity contribution in [3.63, 3.8) is 0 Å². The summed E-state index contributed by atoms with van der Waals surface area (Å²) in [5.41, 5.74) is 2.71. The number of ether oxygens (including phenoxy) is 2. The van der Waals surface area contributed by atoms with Crippen LogP contribution in [-0.4, -0.2) is 13.2 Å². The third kappa shape index (κ3) is 4.43. The first-order valence-corrected chi connectivity index (χ1v) is 8.26. The summed E-state index contributed by atoms with van der Waals surface area (Å²) in [7, 11) is 0. The quantitative estimate of drug-likeness (QED) is 0.694. The first kappa shape index (κ1) is 18.2. The fourth-order valence-corrected chi connectivity index (χ4v) is 2.62. The van der Waals surface area contributed by atoms with Crippen LogP contribution in [0.4, 0.5) is 0 Å².